The molecule has 1 N–H and O–H groups in total. The third kappa shape index (κ3) is 3.83. The van der Waals surface area contributed by atoms with Crippen molar-refractivity contribution < 1.29 is 18.3 Å². The van der Waals surface area contributed by atoms with Crippen LogP contribution in [-0.4, -0.2) is 24.7 Å². The highest BCUT2D eigenvalue weighted by molar-refractivity contribution is 7.92. The first-order valence-corrected chi connectivity index (χ1v) is 8.30. The van der Waals surface area contributed by atoms with Crippen molar-refractivity contribution in [1.29, 1.82) is 0 Å². The van der Waals surface area contributed by atoms with E-state index in [1.807, 2.05) is 30.3 Å². The zero-order chi connectivity index (χ0) is 16.0. The first-order chi connectivity index (χ1) is 10.5. The van der Waals surface area contributed by atoms with Crippen LogP contribution in [0.4, 0.5) is 0 Å². The Kier molecular flexibility index (Phi) is 5.12. The molecule has 0 spiro atoms. The molecule has 1 unspecified atom stereocenters. The lowest BCUT2D eigenvalue weighted by molar-refractivity contribution is -0.136. The number of rotatable bonds is 6. The number of sulfone groups is 1. The van der Waals surface area contributed by atoms with Gasteiger partial charge in [-0.25, -0.2) is 8.42 Å². The Morgan fingerprint density at radius 3 is 2.09 bits per heavy atom. The maximum Gasteiger partial charge on any atom is 0.322 e. The van der Waals surface area contributed by atoms with Crippen LogP contribution in [0.15, 0.2) is 71.6 Å². The topological polar surface area (TPSA) is 71.4 Å². The predicted molar refractivity (Wildman–Crippen MR) is 85.1 cm³/mol. The van der Waals surface area contributed by atoms with Crippen molar-refractivity contribution in [3.63, 3.8) is 0 Å². The van der Waals surface area contributed by atoms with Crippen LogP contribution in [0.25, 0.3) is 6.08 Å². The molecule has 0 aliphatic rings. The molecule has 0 saturated carbocycles. The van der Waals surface area contributed by atoms with Crippen molar-refractivity contribution >= 4 is 21.9 Å². The van der Waals surface area contributed by atoms with E-state index in [1.165, 1.54) is 12.1 Å². The molecule has 0 bridgehead atoms. The lowest BCUT2D eigenvalue weighted by Crippen LogP contribution is -2.29. The van der Waals surface area contributed by atoms with Gasteiger partial charge in [0.15, 0.2) is 15.1 Å². The van der Waals surface area contributed by atoms with E-state index in [0.717, 1.165) is 5.56 Å². The molecule has 0 fully saturated rings. The van der Waals surface area contributed by atoms with Gasteiger partial charge in [0.05, 0.1) is 4.90 Å². The molecule has 0 aromatic heterocycles. The molecule has 0 saturated heterocycles. The van der Waals surface area contributed by atoms with E-state index in [-0.39, 0.29) is 11.3 Å². The number of aliphatic carboxylic acids is 1. The molecule has 22 heavy (non-hydrogen) atoms. The van der Waals surface area contributed by atoms with Gasteiger partial charge >= 0.3 is 5.97 Å². The van der Waals surface area contributed by atoms with Gasteiger partial charge in [-0.3, -0.25) is 4.79 Å². The Morgan fingerprint density at radius 2 is 1.55 bits per heavy atom. The first kappa shape index (κ1) is 16.0. The van der Waals surface area contributed by atoms with Crippen molar-refractivity contribution in [3.05, 3.63) is 72.3 Å². The number of carboxylic acids is 1. The minimum Gasteiger partial charge on any atom is -0.480 e. The average molecular weight is 316 g/mol. The fraction of sp³-hybridized carbons (Fsp3) is 0.118. The highest BCUT2D eigenvalue weighted by atomic mass is 32.2. The van der Waals surface area contributed by atoms with Crippen LogP contribution in [0, 0.1) is 0 Å². The van der Waals surface area contributed by atoms with Gasteiger partial charge in [-0.1, -0.05) is 60.7 Å². The number of hydrogen-bond acceptors (Lipinski definition) is 3. The van der Waals surface area contributed by atoms with Crippen molar-refractivity contribution in [3.8, 4) is 0 Å². The summed E-state index contributed by atoms with van der Waals surface area (Å²) in [6.07, 6.45) is 3.21. The number of benzene rings is 2. The molecule has 0 aliphatic heterocycles. The third-order valence-corrected chi connectivity index (χ3v) is 5.25. The molecule has 0 aliphatic carbocycles. The standard InChI is InChI=1S/C17H16O4S/c18-17(19)16(13-7-10-14-8-3-1-4-9-14)22(20,21)15-11-5-2-6-12-15/h1-12,16H,13H2,(H,18,19). The SMILES string of the molecule is O=C(O)C(CC=Cc1ccccc1)S(=O)(=O)c1ccccc1. The van der Waals surface area contributed by atoms with E-state index in [1.54, 1.807) is 30.4 Å². The summed E-state index contributed by atoms with van der Waals surface area (Å²) in [5.41, 5.74) is 0.892. The van der Waals surface area contributed by atoms with Gasteiger partial charge in [0, 0.05) is 0 Å². The molecule has 0 heterocycles. The lowest BCUT2D eigenvalue weighted by Gasteiger charge is -2.11. The maximum absolute atomic E-state index is 12.4. The van der Waals surface area contributed by atoms with Gasteiger partial charge in [0.2, 0.25) is 0 Å². The molecular formula is C17H16O4S. The normalized spacial score (nSPS) is 13.1. The summed E-state index contributed by atoms with van der Waals surface area (Å²) in [6.45, 7) is 0. The lowest BCUT2D eigenvalue weighted by atomic mass is 10.2. The third-order valence-electron chi connectivity index (χ3n) is 3.18. The van der Waals surface area contributed by atoms with E-state index in [0.29, 0.717) is 0 Å². The molecule has 1 atom stereocenters. The molecule has 5 heteroatoms. The van der Waals surface area contributed by atoms with Crippen molar-refractivity contribution in [1.82, 2.24) is 0 Å². The van der Waals surface area contributed by atoms with E-state index in [4.69, 9.17) is 0 Å². The van der Waals surface area contributed by atoms with Crippen molar-refractivity contribution in [2.45, 2.75) is 16.6 Å². The van der Waals surface area contributed by atoms with Gasteiger partial charge in [0.1, 0.15) is 0 Å². The smallest absolute Gasteiger partial charge is 0.322 e. The maximum atomic E-state index is 12.4. The summed E-state index contributed by atoms with van der Waals surface area (Å²) in [5.74, 6) is -1.35. The van der Waals surface area contributed by atoms with Crippen LogP contribution in [0.3, 0.4) is 0 Å². The molecule has 114 valence electrons. The second kappa shape index (κ2) is 7.04. The van der Waals surface area contributed by atoms with E-state index < -0.39 is 21.1 Å². The average Bonchev–Trinajstić information content (AvgIpc) is 2.53. The highest BCUT2D eigenvalue weighted by Gasteiger charge is 2.32. The van der Waals surface area contributed by atoms with Crippen LogP contribution in [0.1, 0.15) is 12.0 Å². The second-order valence-electron chi connectivity index (χ2n) is 4.73. The van der Waals surface area contributed by atoms with Gasteiger partial charge in [-0.05, 0) is 24.1 Å². The van der Waals surface area contributed by atoms with E-state index in [9.17, 15) is 18.3 Å². The van der Waals surface area contributed by atoms with Crippen molar-refractivity contribution in [2.24, 2.45) is 0 Å². The van der Waals surface area contributed by atoms with Gasteiger partial charge in [0.25, 0.3) is 0 Å². The summed E-state index contributed by atoms with van der Waals surface area (Å²) in [4.78, 5) is 11.4. The Morgan fingerprint density at radius 1 is 1.00 bits per heavy atom. The molecular weight excluding hydrogens is 300 g/mol. The van der Waals surface area contributed by atoms with Crippen LogP contribution < -0.4 is 0 Å². The minimum atomic E-state index is -3.91. The number of allylic oxidation sites excluding steroid dienone is 1. The minimum absolute atomic E-state index is 0.0236. The molecule has 2 rings (SSSR count). The molecule has 0 amide bonds. The van der Waals surface area contributed by atoms with E-state index in [2.05, 4.69) is 0 Å². The van der Waals surface area contributed by atoms with Crippen LogP contribution in [0.2, 0.25) is 0 Å². The summed E-state index contributed by atoms with van der Waals surface area (Å²) < 4.78 is 24.8. The van der Waals surface area contributed by atoms with Crippen LogP contribution >= 0.6 is 0 Å². The summed E-state index contributed by atoms with van der Waals surface area (Å²) in [6, 6.07) is 17.0. The summed E-state index contributed by atoms with van der Waals surface area (Å²) in [5, 5.41) is 7.76. The van der Waals surface area contributed by atoms with Gasteiger partial charge in [-0.15, -0.1) is 0 Å². The monoisotopic (exact) mass is 316 g/mol. The molecule has 2 aromatic rings. The largest absolute Gasteiger partial charge is 0.480 e. The Balaban J connectivity index is 2.21. The second-order valence-corrected chi connectivity index (χ2v) is 6.86. The molecule has 4 nitrogen and oxygen atoms in total. The Bertz CT molecular complexity index is 750. The van der Waals surface area contributed by atoms with E-state index >= 15 is 0 Å². The summed E-state index contributed by atoms with van der Waals surface area (Å²) >= 11 is 0. The Hall–Kier alpha value is -2.40. The zero-order valence-electron chi connectivity index (χ0n) is 11.8. The van der Waals surface area contributed by atoms with Gasteiger partial charge < -0.3 is 5.11 Å². The van der Waals surface area contributed by atoms with Crippen LogP contribution in [0.5, 0.6) is 0 Å². The fourth-order valence-corrected chi connectivity index (χ4v) is 3.52. The quantitative estimate of drug-likeness (QED) is 0.889. The predicted octanol–water partition coefficient (Wildman–Crippen LogP) is 3.02. The van der Waals surface area contributed by atoms with Crippen molar-refractivity contribution in [2.75, 3.05) is 0 Å². The summed E-state index contributed by atoms with van der Waals surface area (Å²) in [7, 11) is -3.91. The zero-order valence-corrected chi connectivity index (χ0v) is 12.6. The highest BCUT2D eigenvalue weighted by Crippen LogP contribution is 2.19. The Labute approximate surface area is 129 Å². The number of carbonyl (C=O) groups is 1. The number of carboxylic acid groups (broad SMARTS) is 1. The fourth-order valence-electron chi connectivity index (χ4n) is 2.03. The molecule has 0 radical (unpaired) electrons. The first-order valence-electron chi connectivity index (χ1n) is 6.75. The molecule has 2 aromatic carbocycles. The number of hydrogen-bond donors (Lipinski definition) is 1. The van der Waals surface area contributed by atoms with Crippen LogP contribution in [-0.2, 0) is 14.6 Å². The van der Waals surface area contributed by atoms with Gasteiger partial charge in [-0.2, -0.15) is 0 Å².